The van der Waals surface area contributed by atoms with Crippen LogP contribution in [0.1, 0.15) is 40.0 Å². The number of thiophene rings is 1. The normalized spacial score (nSPS) is 12.5. The zero-order valence-electron chi connectivity index (χ0n) is 13.8. The number of hydrogen-bond acceptors (Lipinski definition) is 4. The van der Waals surface area contributed by atoms with Gasteiger partial charge in [0.1, 0.15) is 11.2 Å². The number of nitrogens with one attached hydrogen (secondary N) is 1. The fourth-order valence-electron chi connectivity index (χ4n) is 2.37. The van der Waals surface area contributed by atoms with Crippen LogP contribution in [-0.2, 0) is 17.9 Å². The molecule has 0 aromatic carbocycles. The molecule has 0 aliphatic heterocycles. The maximum Gasteiger partial charge on any atom is 0.332 e. The van der Waals surface area contributed by atoms with Crippen molar-refractivity contribution in [2.75, 3.05) is 0 Å². The van der Waals surface area contributed by atoms with Crippen LogP contribution < -0.4 is 16.6 Å². The predicted octanol–water partition coefficient (Wildman–Crippen LogP) is 1.94. The fourth-order valence-corrected chi connectivity index (χ4v) is 3.21. The predicted molar refractivity (Wildman–Crippen MR) is 93.1 cm³/mol. The molecule has 0 aliphatic carbocycles. The van der Waals surface area contributed by atoms with Crippen molar-refractivity contribution in [1.29, 1.82) is 0 Å². The minimum atomic E-state index is -0.409. The van der Waals surface area contributed by atoms with Crippen molar-refractivity contribution < 1.29 is 4.79 Å². The molecular weight excluding hydrogens is 314 g/mol. The summed E-state index contributed by atoms with van der Waals surface area (Å²) < 4.78 is 3.18. The molecule has 6 nitrogen and oxygen atoms in total. The Kier molecular flexibility index (Phi) is 5.76. The van der Waals surface area contributed by atoms with E-state index >= 15 is 0 Å². The third kappa shape index (κ3) is 3.72. The summed E-state index contributed by atoms with van der Waals surface area (Å²) in [6.45, 7) is 6.23. The lowest BCUT2D eigenvalue weighted by atomic mass is 10.2. The van der Waals surface area contributed by atoms with E-state index in [-0.39, 0.29) is 24.1 Å². The molecule has 0 spiro atoms. The first-order valence-corrected chi connectivity index (χ1v) is 8.87. The number of nitrogens with zero attached hydrogens (tertiary/aromatic N) is 2. The van der Waals surface area contributed by atoms with Crippen LogP contribution in [0.5, 0.6) is 0 Å². The Morgan fingerprint density at radius 3 is 2.70 bits per heavy atom. The maximum atomic E-state index is 12.6. The van der Waals surface area contributed by atoms with Gasteiger partial charge < -0.3 is 5.32 Å². The van der Waals surface area contributed by atoms with Gasteiger partial charge in [-0.3, -0.25) is 18.7 Å². The summed E-state index contributed by atoms with van der Waals surface area (Å²) in [7, 11) is 0. The summed E-state index contributed by atoms with van der Waals surface area (Å²) in [5.74, 6) is -0.213. The van der Waals surface area contributed by atoms with E-state index in [1.807, 2.05) is 20.8 Å². The van der Waals surface area contributed by atoms with Crippen LogP contribution in [0, 0.1) is 0 Å². The number of unbranched alkanes of at least 4 members (excludes halogenated alkanes) is 1. The van der Waals surface area contributed by atoms with Crippen molar-refractivity contribution >= 4 is 27.5 Å². The highest BCUT2D eigenvalue weighted by Gasteiger charge is 2.16. The highest BCUT2D eigenvalue weighted by molar-refractivity contribution is 7.17. The second-order valence-electron chi connectivity index (χ2n) is 5.69. The first-order chi connectivity index (χ1) is 11.0. The number of carbonyl (C=O) groups excluding carboxylic acids is 1. The Labute approximate surface area is 138 Å². The highest BCUT2D eigenvalue weighted by Crippen LogP contribution is 2.15. The van der Waals surface area contributed by atoms with Crippen LogP contribution in [0.4, 0.5) is 0 Å². The fraction of sp³-hybridized carbons (Fsp3) is 0.562. The van der Waals surface area contributed by atoms with Gasteiger partial charge >= 0.3 is 5.69 Å². The van der Waals surface area contributed by atoms with E-state index in [1.165, 1.54) is 20.5 Å². The van der Waals surface area contributed by atoms with Gasteiger partial charge in [0.05, 0.1) is 5.52 Å². The molecule has 0 radical (unpaired) electrons. The molecule has 1 amide bonds. The van der Waals surface area contributed by atoms with Gasteiger partial charge in [-0.25, -0.2) is 4.79 Å². The smallest absolute Gasteiger partial charge is 0.332 e. The SMILES string of the molecule is CCCCn1c(=O)c2sccc2n(CC(=O)N[C@@H](C)CC)c1=O. The van der Waals surface area contributed by atoms with E-state index in [2.05, 4.69) is 5.32 Å². The van der Waals surface area contributed by atoms with E-state index < -0.39 is 5.69 Å². The number of hydrogen-bond donors (Lipinski definition) is 1. The zero-order chi connectivity index (χ0) is 17.0. The molecule has 0 fully saturated rings. The van der Waals surface area contributed by atoms with E-state index in [4.69, 9.17) is 0 Å². The lowest BCUT2D eigenvalue weighted by Crippen LogP contribution is -2.43. The monoisotopic (exact) mass is 337 g/mol. The first kappa shape index (κ1) is 17.5. The molecule has 1 N–H and O–H groups in total. The lowest BCUT2D eigenvalue weighted by Gasteiger charge is -2.14. The molecule has 0 bridgehead atoms. The summed E-state index contributed by atoms with van der Waals surface area (Å²) in [6, 6.07) is 1.78. The van der Waals surface area contributed by atoms with E-state index in [1.54, 1.807) is 11.4 Å². The number of rotatable bonds is 7. The topological polar surface area (TPSA) is 73.1 Å². The van der Waals surface area contributed by atoms with Gasteiger partial charge in [0.2, 0.25) is 5.91 Å². The molecule has 2 aromatic heterocycles. The van der Waals surface area contributed by atoms with E-state index in [0.29, 0.717) is 16.8 Å². The molecule has 0 saturated carbocycles. The van der Waals surface area contributed by atoms with Crippen molar-refractivity contribution in [1.82, 2.24) is 14.5 Å². The molecule has 23 heavy (non-hydrogen) atoms. The molecule has 0 unspecified atom stereocenters. The molecule has 2 heterocycles. The van der Waals surface area contributed by atoms with Crippen molar-refractivity contribution in [3.05, 3.63) is 32.3 Å². The molecule has 0 aliphatic rings. The quantitative estimate of drug-likeness (QED) is 0.839. The molecule has 2 aromatic rings. The third-order valence-corrected chi connectivity index (χ3v) is 4.78. The summed E-state index contributed by atoms with van der Waals surface area (Å²) in [5.41, 5.74) is -0.127. The van der Waals surface area contributed by atoms with Crippen molar-refractivity contribution in [2.24, 2.45) is 0 Å². The van der Waals surface area contributed by atoms with Crippen molar-refractivity contribution in [2.45, 2.75) is 59.2 Å². The molecular formula is C16H23N3O3S. The maximum absolute atomic E-state index is 12.6. The van der Waals surface area contributed by atoms with Gasteiger partial charge in [0.25, 0.3) is 5.56 Å². The van der Waals surface area contributed by atoms with E-state index in [0.717, 1.165) is 19.3 Å². The van der Waals surface area contributed by atoms with Crippen LogP contribution >= 0.6 is 11.3 Å². The Hall–Kier alpha value is -1.89. The van der Waals surface area contributed by atoms with Gasteiger partial charge in [0.15, 0.2) is 0 Å². The summed E-state index contributed by atoms with van der Waals surface area (Å²) in [4.78, 5) is 37.2. The van der Waals surface area contributed by atoms with Crippen LogP contribution in [0.2, 0.25) is 0 Å². The van der Waals surface area contributed by atoms with Crippen molar-refractivity contribution in [3.8, 4) is 0 Å². The molecule has 0 saturated heterocycles. The minimum Gasteiger partial charge on any atom is -0.352 e. The second kappa shape index (κ2) is 7.59. The molecule has 7 heteroatoms. The summed E-state index contributed by atoms with van der Waals surface area (Å²) in [5, 5.41) is 4.63. The van der Waals surface area contributed by atoms with Crippen LogP contribution in [0.3, 0.4) is 0 Å². The third-order valence-electron chi connectivity index (χ3n) is 3.89. The summed E-state index contributed by atoms with van der Waals surface area (Å²) in [6.07, 6.45) is 2.47. The Balaban J connectivity index is 2.46. The lowest BCUT2D eigenvalue weighted by molar-refractivity contribution is -0.122. The van der Waals surface area contributed by atoms with Crippen LogP contribution in [-0.4, -0.2) is 21.1 Å². The average Bonchev–Trinajstić information content (AvgIpc) is 3.01. The van der Waals surface area contributed by atoms with E-state index in [9.17, 15) is 14.4 Å². The Morgan fingerprint density at radius 2 is 2.04 bits per heavy atom. The van der Waals surface area contributed by atoms with Gasteiger partial charge in [-0.2, -0.15) is 0 Å². The zero-order valence-corrected chi connectivity index (χ0v) is 14.6. The summed E-state index contributed by atoms with van der Waals surface area (Å²) >= 11 is 1.31. The van der Waals surface area contributed by atoms with Crippen LogP contribution in [0.25, 0.3) is 10.2 Å². The second-order valence-corrected chi connectivity index (χ2v) is 6.61. The number of amides is 1. The standard InChI is InChI=1S/C16H23N3O3S/c1-4-6-8-18-15(21)14-12(7-9-23-14)19(16(18)22)10-13(20)17-11(3)5-2/h7,9,11H,4-6,8,10H2,1-3H3,(H,17,20)/t11-/m0/s1. The first-order valence-electron chi connectivity index (χ1n) is 7.99. The van der Waals surface area contributed by atoms with Gasteiger partial charge in [-0.15, -0.1) is 11.3 Å². The number of carbonyl (C=O) groups is 1. The molecule has 126 valence electrons. The van der Waals surface area contributed by atoms with Gasteiger partial charge in [0, 0.05) is 12.6 Å². The van der Waals surface area contributed by atoms with Gasteiger partial charge in [-0.1, -0.05) is 20.3 Å². The molecule has 2 rings (SSSR count). The Bertz CT molecular complexity index is 803. The van der Waals surface area contributed by atoms with Gasteiger partial charge in [-0.05, 0) is 31.2 Å². The minimum absolute atomic E-state index is 0.0576. The number of fused-ring (bicyclic) bond motifs is 1. The van der Waals surface area contributed by atoms with Crippen LogP contribution in [0.15, 0.2) is 21.0 Å². The average molecular weight is 337 g/mol. The number of aromatic nitrogens is 2. The molecule has 1 atom stereocenters. The Morgan fingerprint density at radius 1 is 1.30 bits per heavy atom. The highest BCUT2D eigenvalue weighted by atomic mass is 32.1. The van der Waals surface area contributed by atoms with Crippen molar-refractivity contribution in [3.63, 3.8) is 0 Å². The largest absolute Gasteiger partial charge is 0.352 e.